The van der Waals surface area contributed by atoms with Crippen LogP contribution in [0.4, 0.5) is 17.5 Å². The zero-order valence-corrected chi connectivity index (χ0v) is 20.2. The monoisotopic (exact) mass is 495 g/mol. The van der Waals surface area contributed by atoms with E-state index in [0.717, 1.165) is 44.1 Å². The molecule has 0 aliphatic rings. The summed E-state index contributed by atoms with van der Waals surface area (Å²) in [7, 11) is 3.91. The topological polar surface area (TPSA) is 109 Å². The molecule has 0 saturated heterocycles. The van der Waals surface area contributed by atoms with E-state index in [-0.39, 0.29) is 12.5 Å². The van der Waals surface area contributed by atoms with Crippen molar-refractivity contribution >= 4 is 68.0 Å². The van der Waals surface area contributed by atoms with Crippen molar-refractivity contribution in [3.05, 3.63) is 65.1 Å². The van der Waals surface area contributed by atoms with Crippen molar-refractivity contribution in [1.29, 1.82) is 0 Å². The molecule has 5 rings (SSSR count). The number of carbonyl (C=O) groups is 1. The number of halogens is 1. The highest BCUT2D eigenvalue weighted by Crippen LogP contribution is 2.35. The van der Waals surface area contributed by atoms with E-state index in [0.29, 0.717) is 5.02 Å². The molecule has 9 nitrogen and oxygen atoms in total. The number of pyridine rings is 1. The molecule has 0 unspecified atom stereocenters. The fourth-order valence-electron chi connectivity index (χ4n) is 3.62. The van der Waals surface area contributed by atoms with Crippen LogP contribution in [-0.4, -0.2) is 43.1 Å². The second-order valence-electron chi connectivity index (χ2n) is 7.50. The first kappa shape index (κ1) is 23.4. The van der Waals surface area contributed by atoms with Crippen molar-refractivity contribution in [2.45, 2.75) is 13.0 Å². The normalized spacial score (nSPS) is 11.6. The van der Waals surface area contributed by atoms with E-state index in [1.165, 1.54) is 0 Å². The number of carboxylic acid groups (broad SMARTS) is 1. The average Bonchev–Trinajstić information content (AvgIpc) is 3.48. The molecule has 0 aliphatic heterocycles. The molecule has 34 heavy (non-hydrogen) atoms. The molecule has 0 bridgehead atoms. The van der Waals surface area contributed by atoms with Crippen molar-refractivity contribution < 1.29 is 9.90 Å². The van der Waals surface area contributed by atoms with Gasteiger partial charge in [0.05, 0.1) is 28.3 Å². The van der Waals surface area contributed by atoms with Crippen LogP contribution in [0.2, 0.25) is 5.02 Å². The Bertz CT molecular complexity index is 1450. The highest BCUT2D eigenvalue weighted by Gasteiger charge is 2.21. The van der Waals surface area contributed by atoms with E-state index in [9.17, 15) is 0 Å². The summed E-state index contributed by atoms with van der Waals surface area (Å²) in [4.78, 5) is 29.6. The molecule has 4 aromatic heterocycles. The van der Waals surface area contributed by atoms with Crippen molar-refractivity contribution in [1.82, 2.24) is 24.5 Å². The molecular formula is C23H22ClN7O2S. The zero-order valence-electron chi connectivity index (χ0n) is 18.7. The smallest absolute Gasteiger partial charge is 0.290 e. The van der Waals surface area contributed by atoms with Crippen LogP contribution in [0.3, 0.4) is 0 Å². The third-order valence-corrected chi connectivity index (χ3v) is 6.36. The van der Waals surface area contributed by atoms with Gasteiger partial charge in [-0.25, -0.2) is 19.9 Å². The molecule has 0 fully saturated rings. The molecule has 174 valence electrons. The van der Waals surface area contributed by atoms with Crippen LogP contribution < -0.4 is 10.2 Å². The maximum atomic E-state index is 8.36. The second-order valence-corrected chi connectivity index (χ2v) is 8.80. The average molecular weight is 496 g/mol. The maximum Gasteiger partial charge on any atom is 0.290 e. The first-order chi connectivity index (χ1) is 16.4. The number of thiophene rings is 1. The number of benzene rings is 1. The van der Waals surface area contributed by atoms with Gasteiger partial charge < -0.3 is 19.9 Å². The molecule has 4 heterocycles. The van der Waals surface area contributed by atoms with E-state index in [2.05, 4.69) is 33.3 Å². The lowest BCUT2D eigenvalue weighted by Gasteiger charge is -2.24. The molecule has 1 atom stereocenters. The summed E-state index contributed by atoms with van der Waals surface area (Å²) in [5, 5.41) is 15.1. The Kier molecular flexibility index (Phi) is 6.90. The van der Waals surface area contributed by atoms with Gasteiger partial charge in [0.25, 0.3) is 6.47 Å². The number of anilines is 3. The van der Waals surface area contributed by atoms with Crippen molar-refractivity contribution in [2.24, 2.45) is 7.05 Å². The highest BCUT2D eigenvalue weighted by molar-refractivity contribution is 7.16. The number of hydrogen-bond donors (Lipinski definition) is 2. The first-order valence-electron chi connectivity index (χ1n) is 10.3. The minimum absolute atomic E-state index is 0.0740. The van der Waals surface area contributed by atoms with Crippen LogP contribution in [-0.2, 0) is 11.8 Å². The SMILES string of the molecule is C[C@H](Nc1ncnc2sccc12)c1cc2cccc(Cl)c2nc1N(C)c1cn(C)cn1.O=CO. The minimum atomic E-state index is -0.250. The van der Waals surface area contributed by atoms with Gasteiger partial charge in [0.1, 0.15) is 22.8 Å². The second kappa shape index (κ2) is 10.0. The number of fused-ring (bicyclic) bond motifs is 2. The number of para-hydroxylation sites is 1. The fourth-order valence-corrected chi connectivity index (χ4v) is 4.58. The highest BCUT2D eigenvalue weighted by atomic mass is 35.5. The quantitative estimate of drug-likeness (QED) is 0.317. The van der Waals surface area contributed by atoms with Crippen LogP contribution >= 0.6 is 22.9 Å². The van der Waals surface area contributed by atoms with Crippen LogP contribution in [0.1, 0.15) is 18.5 Å². The van der Waals surface area contributed by atoms with Gasteiger partial charge in [-0.1, -0.05) is 23.7 Å². The molecular weight excluding hydrogens is 474 g/mol. The van der Waals surface area contributed by atoms with Gasteiger partial charge in [0, 0.05) is 31.2 Å². The largest absolute Gasteiger partial charge is 0.483 e. The Hall–Kier alpha value is -3.76. The third-order valence-electron chi connectivity index (χ3n) is 5.24. The standard InChI is InChI=1S/C22H20ClN7S.CH2O2/c1-13(27-20-15-7-8-31-22(15)25-11-24-20)16-9-14-5-4-6-17(23)19(14)28-21(16)30(3)18-10-29(2)12-26-18;2-1-3/h4-13H,1-3H3,(H,24,25,27);1H,(H,2,3)/t13-;/m0./s1. The summed E-state index contributed by atoms with van der Waals surface area (Å²) in [5.41, 5.74) is 1.78. The van der Waals surface area contributed by atoms with Gasteiger partial charge in [-0.2, -0.15) is 0 Å². The van der Waals surface area contributed by atoms with Crippen LogP contribution in [0.15, 0.2) is 54.6 Å². The number of imidazole rings is 1. The van der Waals surface area contributed by atoms with Crippen molar-refractivity contribution in [2.75, 3.05) is 17.3 Å². The van der Waals surface area contributed by atoms with E-state index in [4.69, 9.17) is 26.5 Å². The van der Waals surface area contributed by atoms with E-state index in [1.807, 2.05) is 59.4 Å². The summed E-state index contributed by atoms with van der Waals surface area (Å²) in [5.74, 6) is 2.39. The number of aromatic nitrogens is 5. The summed E-state index contributed by atoms with van der Waals surface area (Å²) in [6.07, 6.45) is 5.32. The molecule has 0 amide bonds. The predicted molar refractivity (Wildman–Crippen MR) is 136 cm³/mol. The van der Waals surface area contributed by atoms with Gasteiger partial charge >= 0.3 is 0 Å². The van der Waals surface area contributed by atoms with E-state index in [1.54, 1.807) is 24.0 Å². The minimum Gasteiger partial charge on any atom is -0.483 e. The Morgan fingerprint density at radius 3 is 2.79 bits per heavy atom. The van der Waals surface area contributed by atoms with Crippen molar-refractivity contribution in [3.8, 4) is 0 Å². The lowest BCUT2D eigenvalue weighted by atomic mass is 10.1. The predicted octanol–water partition coefficient (Wildman–Crippen LogP) is 5.27. The number of rotatable bonds is 5. The lowest BCUT2D eigenvalue weighted by molar-refractivity contribution is -0.122. The number of aryl methyl sites for hydroxylation is 1. The van der Waals surface area contributed by atoms with E-state index >= 15 is 0 Å². The Morgan fingerprint density at radius 1 is 1.26 bits per heavy atom. The molecule has 5 aromatic rings. The van der Waals surface area contributed by atoms with Gasteiger partial charge in [-0.05, 0) is 30.5 Å². The zero-order chi connectivity index (χ0) is 24.2. The molecule has 0 saturated carbocycles. The molecule has 0 spiro atoms. The van der Waals surface area contributed by atoms with Crippen LogP contribution in [0, 0.1) is 0 Å². The molecule has 2 N–H and O–H groups in total. The Balaban J connectivity index is 0.000000868. The first-order valence-corrected chi connectivity index (χ1v) is 11.5. The number of hydrogen-bond acceptors (Lipinski definition) is 8. The Morgan fingerprint density at radius 2 is 2.06 bits per heavy atom. The molecule has 1 aromatic carbocycles. The van der Waals surface area contributed by atoms with Crippen LogP contribution in [0.25, 0.3) is 21.1 Å². The van der Waals surface area contributed by atoms with Gasteiger partial charge in [0.15, 0.2) is 5.82 Å². The van der Waals surface area contributed by atoms with Gasteiger partial charge in [-0.15, -0.1) is 11.3 Å². The number of nitrogens with one attached hydrogen (secondary N) is 1. The number of nitrogens with zero attached hydrogens (tertiary/aromatic N) is 6. The Labute approximate surface area is 204 Å². The summed E-state index contributed by atoms with van der Waals surface area (Å²) < 4.78 is 1.91. The van der Waals surface area contributed by atoms with Gasteiger partial charge in [0.2, 0.25) is 0 Å². The maximum absolute atomic E-state index is 8.36. The molecule has 0 radical (unpaired) electrons. The summed E-state index contributed by atoms with van der Waals surface area (Å²) in [6.45, 7) is 1.85. The van der Waals surface area contributed by atoms with Crippen molar-refractivity contribution in [3.63, 3.8) is 0 Å². The molecule has 11 heteroatoms. The van der Waals surface area contributed by atoms with Gasteiger partial charge in [-0.3, -0.25) is 4.79 Å². The third kappa shape index (κ3) is 4.63. The van der Waals surface area contributed by atoms with E-state index < -0.39 is 0 Å². The molecule has 0 aliphatic carbocycles. The lowest BCUT2D eigenvalue weighted by Crippen LogP contribution is -2.18. The summed E-state index contributed by atoms with van der Waals surface area (Å²) in [6, 6.07) is 9.92. The van der Waals surface area contributed by atoms with Crippen LogP contribution in [0.5, 0.6) is 0 Å². The summed E-state index contributed by atoms with van der Waals surface area (Å²) >= 11 is 8.06. The fraction of sp³-hybridized carbons (Fsp3) is 0.174.